The molecule has 1 aromatic heterocycles. The van der Waals surface area contributed by atoms with Crippen LogP contribution in [0.3, 0.4) is 0 Å². The van der Waals surface area contributed by atoms with Gasteiger partial charge in [0, 0.05) is 18.3 Å². The molecule has 1 fully saturated rings. The number of aromatic nitrogens is 2. The van der Waals surface area contributed by atoms with Gasteiger partial charge in [0.25, 0.3) is 0 Å². The molecule has 2 nitrogen and oxygen atoms in total. The van der Waals surface area contributed by atoms with Crippen molar-refractivity contribution >= 4 is 16.1 Å². The third kappa shape index (κ3) is 0.894. The van der Waals surface area contributed by atoms with E-state index in [0.29, 0.717) is 0 Å². The number of hydrogen-bond donors (Lipinski definition) is 0. The van der Waals surface area contributed by atoms with Crippen LogP contribution in [0.15, 0.2) is 12.4 Å². The lowest BCUT2D eigenvalue weighted by Gasteiger charge is -1.92. The van der Waals surface area contributed by atoms with Crippen molar-refractivity contribution in [2.45, 2.75) is 18.8 Å². The second-order valence-corrected chi connectivity index (χ2v) is 3.14. The Bertz CT molecular complexity index is 215. The summed E-state index contributed by atoms with van der Waals surface area (Å²) >= 11 is 3.36. The van der Waals surface area contributed by atoms with Gasteiger partial charge in [-0.05, 0) is 12.8 Å². The Kier molecular flexibility index (Phi) is 1.12. The maximum Gasteiger partial charge on any atom is 0.121 e. The maximum atomic E-state index is 4.19. The molecule has 9 heavy (non-hydrogen) atoms. The third-order valence-corrected chi connectivity index (χ3v) is 2.17. The van der Waals surface area contributed by atoms with E-state index in [-0.39, 0.29) is 0 Å². The fourth-order valence-electron chi connectivity index (χ4n) is 0.921. The minimum atomic E-state index is 0.736. The summed E-state index contributed by atoms with van der Waals surface area (Å²) in [6, 6.07) is 0. The molecule has 0 saturated heterocycles. The van der Waals surface area contributed by atoms with Gasteiger partial charge in [-0.2, -0.15) is 0 Å². The van der Waals surface area contributed by atoms with E-state index in [1.807, 2.05) is 16.0 Å². The Morgan fingerprint density at radius 1 is 1.67 bits per heavy atom. The summed E-state index contributed by atoms with van der Waals surface area (Å²) in [6.07, 6.45) is 6.36. The zero-order valence-corrected chi connectivity index (χ0v) is 6.50. The van der Waals surface area contributed by atoms with E-state index in [1.54, 1.807) is 0 Å². The predicted octanol–water partition coefficient (Wildman–Crippen LogP) is 1.92. The van der Waals surface area contributed by atoms with Crippen molar-refractivity contribution in [2.75, 3.05) is 0 Å². The van der Waals surface area contributed by atoms with Crippen LogP contribution in [0.5, 0.6) is 0 Å². The van der Waals surface area contributed by atoms with Gasteiger partial charge in [-0.3, -0.25) is 3.59 Å². The summed E-state index contributed by atoms with van der Waals surface area (Å²) in [4.78, 5) is 4.19. The molecule has 0 radical (unpaired) electrons. The summed E-state index contributed by atoms with van der Waals surface area (Å²) in [5, 5.41) is 0. The molecule has 1 saturated carbocycles. The summed E-state index contributed by atoms with van der Waals surface area (Å²) in [5.74, 6) is 1.91. The van der Waals surface area contributed by atoms with Crippen molar-refractivity contribution < 1.29 is 0 Å². The van der Waals surface area contributed by atoms with Crippen molar-refractivity contribution in [3.63, 3.8) is 0 Å². The number of halogens is 1. The van der Waals surface area contributed by atoms with Crippen molar-refractivity contribution in [3.05, 3.63) is 18.2 Å². The zero-order chi connectivity index (χ0) is 6.27. The van der Waals surface area contributed by atoms with E-state index >= 15 is 0 Å². The molecule has 1 heterocycles. The second kappa shape index (κ2) is 1.84. The molecule has 1 aromatic rings. The Balaban J connectivity index is 2.35. The highest BCUT2D eigenvalue weighted by Crippen LogP contribution is 2.39. The van der Waals surface area contributed by atoms with Crippen LogP contribution in [0.25, 0.3) is 0 Å². The monoisotopic (exact) mass is 186 g/mol. The van der Waals surface area contributed by atoms with Gasteiger partial charge in [0.05, 0.1) is 16.1 Å². The van der Waals surface area contributed by atoms with Crippen LogP contribution < -0.4 is 0 Å². The lowest BCUT2D eigenvalue weighted by atomic mass is 10.4. The Morgan fingerprint density at radius 2 is 2.44 bits per heavy atom. The number of hydrogen-bond acceptors (Lipinski definition) is 1. The first kappa shape index (κ1) is 5.47. The minimum Gasteiger partial charge on any atom is -0.270 e. The molecule has 0 bridgehead atoms. The molecular weight excluding hydrogens is 180 g/mol. The van der Waals surface area contributed by atoms with Gasteiger partial charge in [0.2, 0.25) is 0 Å². The van der Waals surface area contributed by atoms with Gasteiger partial charge in [-0.1, -0.05) is 0 Å². The van der Waals surface area contributed by atoms with Crippen molar-refractivity contribution in [1.29, 1.82) is 0 Å². The van der Waals surface area contributed by atoms with E-state index in [4.69, 9.17) is 0 Å². The fraction of sp³-hybridized carbons (Fsp3) is 0.500. The highest BCUT2D eigenvalue weighted by molar-refractivity contribution is 9.08. The number of rotatable bonds is 1. The number of nitrogens with zero attached hydrogens (tertiary/aromatic N) is 2. The molecule has 0 spiro atoms. The highest BCUT2D eigenvalue weighted by Gasteiger charge is 2.27. The topological polar surface area (TPSA) is 17.8 Å². The van der Waals surface area contributed by atoms with E-state index in [2.05, 4.69) is 21.1 Å². The van der Waals surface area contributed by atoms with Gasteiger partial charge in [-0.15, -0.1) is 0 Å². The van der Waals surface area contributed by atoms with Crippen LogP contribution in [0, 0.1) is 0 Å². The summed E-state index contributed by atoms with van der Waals surface area (Å²) in [7, 11) is 0. The molecule has 0 aromatic carbocycles. The summed E-state index contributed by atoms with van der Waals surface area (Å²) < 4.78 is 1.92. The van der Waals surface area contributed by atoms with Gasteiger partial charge in [0.1, 0.15) is 5.82 Å². The van der Waals surface area contributed by atoms with E-state index < -0.39 is 0 Å². The van der Waals surface area contributed by atoms with Crippen LogP contribution in [0.4, 0.5) is 0 Å². The molecule has 2 rings (SSSR count). The highest BCUT2D eigenvalue weighted by atomic mass is 79.9. The lowest BCUT2D eigenvalue weighted by Crippen LogP contribution is -1.86. The average Bonchev–Trinajstić information content (AvgIpc) is 2.58. The van der Waals surface area contributed by atoms with Gasteiger partial charge in [-0.25, -0.2) is 4.98 Å². The molecule has 0 aliphatic heterocycles. The van der Waals surface area contributed by atoms with Crippen LogP contribution in [-0.2, 0) is 0 Å². The SMILES string of the molecule is Brn1ccnc1C1CC1. The minimum absolute atomic E-state index is 0.736. The molecule has 0 atom stereocenters. The normalized spacial score (nSPS) is 18.3. The summed E-state index contributed by atoms with van der Waals surface area (Å²) in [6.45, 7) is 0. The molecule has 1 aliphatic carbocycles. The van der Waals surface area contributed by atoms with Crippen molar-refractivity contribution in [3.8, 4) is 0 Å². The lowest BCUT2D eigenvalue weighted by molar-refractivity contribution is 0.955. The molecule has 48 valence electrons. The average molecular weight is 187 g/mol. The quantitative estimate of drug-likeness (QED) is 0.656. The smallest absolute Gasteiger partial charge is 0.121 e. The van der Waals surface area contributed by atoms with Gasteiger partial charge >= 0.3 is 0 Å². The van der Waals surface area contributed by atoms with Crippen LogP contribution >= 0.6 is 16.1 Å². The maximum absolute atomic E-state index is 4.19. The molecule has 1 aliphatic rings. The Hall–Kier alpha value is -0.310. The van der Waals surface area contributed by atoms with E-state index in [1.165, 1.54) is 18.7 Å². The molecule has 3 heteroatoms. The Labute approximate surface area is 62.2 Å². The van der Waals surface area contributed by atoms with E-state index in [9.17, 15) is 0 Å². The molecule has 0 N–H and O–H groups in total. The van der Waals surface area contributed by atoms with Gasteiger partial charge < -0.3 is 0 Å². The van der Waals surface area contributed by atoms with E-state index in [0.717, 1.165) is 5.92 Å². The second-order valence-electron chi connectivity index (χ2n) is 2.37. The van der Waals surface area contributed by atoms with Gasteiger partial charge in [0.15, 0.2) is 0 Å². The predicted molar refractivity (Wildman–Crippen MR) is 38.5 cm³/mol. The molecule has 0 amide bonds. The van der Waals surface area contributed by atoms with Crippen LogP contribution in [0.2, 0.25) is 0 Å². The standard InChI is InChI=1S/C6H7BrN2/c7-9-4-3-8-6(9)5-1-2-5/h3-5H,1-2H2. The van der Waals surface area contributed by atoms with Crippen LogP contribution in [-0.4, -0.2) is 8.58 Å². The largest absolute Gasteiger partial charge is 0.270 e. The van der Waals surface area contributed by atoms with Crippen molar-refractivity contribution in [1.82, 2.24) is 8.58 Å². The first-order chi connectivity index (χ1) is 4.38. The number of imidazole rings is 1. The zero-order valence-electron chi connectivity index (χ0n) is 4.92. The first-order valence-corrected chi connectivity index (χ1v) is 3.78. The van der Waals surface area contributed by atoms with Crippen LogP contribution in [0.1, 0.15) is 24.6 Å². The van der Waals surface area contributed by atoms with Crippen molar-refractivity contribution in [2.24, 2.45) is 0 Å². The third-order valence-electron chi connectivity index (χ3n) is 1.57. The Morgan fingerprint density at radius 3 is 2.89 bits per heavy atom. The molecular formula is C6H7BrN2. The summed E-state index contributed by atoms with van der Waals surface area (Å²) in [5.41, 5.74) is 0. The fourth-order valence-corrected chi connectivity index (χ4v) is 1.41. The first-order valence-electron chi connectivity index (χ1n) is 3.07. The molecule has 0 unspecified atom stereocenters.